The van der Waals surface area contributed by atoms with Crippen LogP contribution in [0.2, 0.25) is 0 Å². The summed E-state index contributed by atoms with van der Waals surface area (Å²) in [5.41, 5.74) is 0.351. The molecule has 84 valence electrons. The van der Waals surface area contributed by atoms with E-state index in [9.17, 15) is 0 Å². The van der Waals surface area contributed by atoms with Crippen LogP contribution in [0.25, 0.3) is 0 Å². The fourth-order valence-electron chi connectivity index (χ4n) is 2.35. The second-order valence-electron chi connectivity index (χ2n) is 5.10. The standard InChI is InChI=1S/C12H26N2/c1-5-7-8-14(6-2)11-9-12(3,4)13-10-11/h11,13H,5-10H2,1-4H3. The van der Waals surface area contributed by atoms with E-state index in [1.807, 2.05) is 0 Å². The molecule has 0 saturated carbocycles. The average molecular weight is 198 g/mol. The van der Waals surface area contributed by atoms with Crippen molar-refractivity contribution in [2.24, 2.45) is 0 Å². The molecular weight excluding hydrogens is 172 g/mol. The van der Waals surface area contributed by atoms with Gasteiger partial charge in [0.2, 0.25) is 0 Å². The van der Waals surface area contributed by atoms with Crippen molar-refractivity contribution in [1.29, 1.82) is 0 Å². The van der Waals surface area contributed by atoms with Crippen molar-refractivity contribution < 1.29 is 0 Å². The zero-order chi connectivity index (χ0) is 10.6. The fourth-order valence-corrected chi connectivity index (χ4v) is 2.35. The summed E-state index contributed by atoms with van der Waals surface area (Å²) in [6.07, 6.45) is 3.94. The number of nitrogens with zero attached hydrogens (tertiary/aromatic N) is 1. The highest BCUT2D eigenvalue weighted by molar-refractivity contribution is 4.94. The van der Waals surface area contributed by atoms with Gasteiger partial charge in [0.25, 0.3) is 0 Å². The summed E-state index contributed by atoms with van der Waals surface area (Å²) in [4.78, 5) is 2.63. The fraction of sp³-hybridized carbons (Fsp3) is 1.00. The summed E-state index contributed by atoms with van der Waals surface area (Å²) < 4.78 is 0. The number of hydrogen-bond donors (Lipinski definition) is 1. The van der Waals surface area contributed by atoms with Crippen LogP contribution in [0, 0.1) is 0 Å². The third-order valence-electron chi connectivity index (χ3n) is 3.28. The van der Waals surface area contributed by atoms with Crippen LogP contribution in [0.4, 0.5) is 0 Å². The highest BCUT2D eigenvalue weighted by Crippen LogP contribution is 2.22. The Labute approximate surface area is 89.1 Å². The van der Waals surface area contributed by atoms with Crippen LogP contribution in [0.3, 0.4) is 0 Å². The minimum absolute atomic E-state index is 0.351. The summed E-state index contributed by atoms with van der Waals surface area (Å²) in [5, 5.41) is 3.60. The first kappa shape index (κ1) is 12.0. The molecule has 1 rings (SSSR count). The first-order valence-electron chi connectivity index (χ1n) is 6.08. The van der Waals surface area contributed by atoms with E-state index < -0.39 is 0 Å². The van der Waals surface area contributed by atoms with Crippen molar-refractivity contribution in [1.82, 2.24) is 10.2 Å². The molecular formula is C12H26N2. The Morgan fingerprint density at radius 1 is 1.36 bits per heavy atom. The maximum absolute atomic E-state index is 3.60. The summed E-state index contributed by atoms with van der Waals surface area (Å²) in [6.45, 7) is 12.8. The van der Waals surface area contributed by atoms with Gasteiger partial charge in [-0.25, -0.2) is 0 Å². The highest BCUT2D eigenvalue weighted by Gasteiger charge is 2.32. The SMILES string of the molecule is CCCCN(CC)C1CNC(C)(C)C1. The Hall–Kier alpha value is -0.0800. The molecule has 0 aromatic carbocycles. The van der Waals surface area contributed by atoms with E-state index in [-0.39, 0.29) is 0 Å². The van der Waals surface area contributed by atoms with Gasteiger partial charge in [0.05, 0.1) is 0 Å². The topological polar surface area (TPSA) is 15.3 Å². The predicted molar refractivity (Wildman–Crippen MR) is 62.6 cm³/mol. The Morgan fingerprint density at radius 3 is 2.50 bits per heavy atom. The second-order valence-corrected chi connectivity index (χ2v) is 5.10. The molecule has 0 spiro atoms. The lowest BCUT2D eigenvalue weighted by Gasteiger charge is -2.27. The third kappa shape index (κ3) is 3.25. The first-order chi connectivity index (χ1) is 6.59. The van der Waals surface area contributed by atoms with Crippen molar-refractivity contribution in [2.75, 3.05) is 19.6 Å². The van der Waals surface area contributed by atoms with Crippen molar-refractivity contribution in [3.05, 3.63) is 0 Å². The number of nitrogens with one attached hydrogen (secondary N) is 1. The minimum atomic E-state index is 0.351. The largest absolute Gasteiger partial charge is 0.310 e. The molecule has 1 unspecified atom stereocenters. The summed E-state index contributed by atoms with van der Waals surface area (Å²) in [7, 11) is 0. The molecule has 1 aliphatic rings. The minimum Gasteiger partial charge on any atom is -0.310 e. The van der Waals surface area contributed by atoms with Gasteiger partial charge in [-0.3, -0.25) is 4.90 Å². The van der Waals surface area contributed by atoms with Gasteiger partial charge in [-0.05, 0) is 39.8 Å². The van der Waals surface area contributed by atoms with E-state index in [1.54, 1.807) is 0 Å². The van der Waals surface area contributed by atoms with Gasteiger partial charge >= 0.3 is 0 Å². The molecule has 1 fully saturated rings. The predicted octanol–water partition coefficient (Wildman–Crippen LogP) is 2.25. The second kappa shape index (κ2) is 5.13. The van der Waals surface area contributed by atoms with Gasteiger partial charge in [0.15, 0.2) is 0 Å². The monoisotopic (exact) mass is 198 g/mol. The maximum atomic E-state index is 3.60. The van der Waals surface area contributed by atoms with Crippen LogP contribution in [0.1, 0.15) is 47.0 Å². The number of rotatable bonds is 5. The Morgan fingerprint density at radius 2 is 2.07 bits per heavy atom. The van der Waals surface area contributed by atoms with Gasteiger partial charge < -0.3 is 5.32 Å². The molecule has 0 bridgehead atoms. The summed E-state index contributed by atoms with van der Waals surface area (Å²) in [6, 6.07) is 0.765. The van der Waals surface area contributed by atoms with Crippen molar-refractivity contribution in [3.8, 4) is 0 Å². The van der Waals surface area contributed by atoms with Gasteiger partial charge in [0.1, 0.15) is 0 Å². The van der Waals surface area contributed by atoms with E-state index >= 15 is 0 Å². The van der Waals surface area contributed by atoms with Crippen LogP contribution in [-0.4, -0.2) is 36.1 Å². The van der Waals surface area contributed by atoms with E-state index in [1.165, 1.54) is 38.9 Å². The van der Waals surface area contributed by atoms with E-state index in [2.05, 4.69) is 37.9 Å². The van der Waals surface area contributed by atoms with Crippen molar-refractivity contribution in [2.45, 2.75) is 58.5 Å². The van der Waals surface area contributed by atoms with Gasteiger partial charge in [-0.2, -0.15) is 0 Å². The Balaban J connectivity index is 2.38. The molecule has 0 aromatic rings. The zero-order valence-corrected chi connectivity index (χ0v) is 10.3. The maximum Gasteiger partial charge on any atom is 0.0238 e. The molecule has 1 aliphatic heterocycles. The smallest absolute Gasteiger partial charge is 0.0238 e. The lowest BCUT2D eigenvalue weighted by atomic mass is 10.0. The van der Waals surface area contributed by atoms with Crippen LogP contribution in [-0.2, 0) is 0 Å². The molecule has 1 atom stereocenters. The highest BCUT2D eigenvalue weighted by atomic mass is 15.2. The molecule has 1 saturated heterocycles. The van der Waals surface area contributed by atoms with Gasteiger partial charge in [-0.15, -0.1) is 0 Å². The van der Waals surface area contributed by atoms with Crippen LogP contribution < -0.4 is 5.32 Å². The van der Waals surface area contributed by atoms with Crippen molar-refractivity contribution in [3.63, 3.8) is 0 Å². The molecule has 1 N–H and O–H groups in total. The molecule has 0 aliphatic carbocycles. The van der Waals surface area contributed by atoms with Crippen LogP contribution in [0.15, 0.2) is 0 Å². The van der Waals surface area contributed by atoms with Gasteiger partial charge in [0, 0.05) is 18.1 Å². The molecule has 1 heterocycles. The number of likely N-dealkylation sites (N-methyl/N-ethyl adjacent to an activating group) is 1. The normalized spacial score (nSPS) is 25.9. The first-order valence-corrected chi connectivity index (χ1v) is 6.08. The van der Waals surface area contributed by atoms with Crippen LogP contribution >= 0.6 is 0 Å². The molecule has 0 amide bonds. The zero-order valence-electron chi connectivity index (χ0n) is 10.3. The number of hydrogen-bond acceptors (Lipinski definition) is 2. The van der Waals surface area contributed by atoms with E-state index in [0.29, 0.717) is 5.54 Å². The molecule has 2 heteroatoms. The summed E-state index contributed by atoms with van der Waals surface area (Å²) in [5.74, 6) is 0. The van der Waals surface area contributed by atoms with E-state index in [4.69, 9.17) is 0 Å². The average Bonchev–Trinajstić information content (AvgIpc) is 2.48. The Kier molecular flexibility index (Phi) is 4.39. The lowest BCUT2D eigenvalue weighted by molar-refractivity contribution is 0.209. The molecule has 2 nitrogen and oxygen atoms in total. The lowest BCUT2D eigenvalue weighted by Crippen LogP contribution is -2.37. The van der Waals surface area contributed by atoms with Crippen LogP contribution in [0.5, 0.6) is 0 Å². The Bertz CT molecular complexity index is 166. The third-order valence-corrected chi connectivity index (χ3v) is 3.28. The summed E-state index contributed by atoms with van der Waals surface area (Å²) >= 11 is 0. The molecule has 0 aromatic heterocycles. The molecule has 14 heavy (non-hydrogen) atoms. The number of unbranched alkanes of at least 4 members (excludes halogenated alkanes) is 1. The van der Waals surface area contributed by atoms with E-state index in [0.717, 1.165) is 6.04 Å². The van der Waals surface area contributed by atoms with Gasteiger partial charge in [-0.1, -0.05) is 20.3 Å². The quantitative estimate of drug-likeness (QED) is 0.729. The van der Waals surface area contributed by atoms with Crippen molar-refractivity contribution >= 4 is 0 Å². The molecule has 0 radical (unpaired) electrons.